The molecule has 0 aliphatic heterocycles. The van der Waals surface area contributed by atoms with Gasteiger partial charge in [0.15, 0.2) is 0 Å². The van der Waals surface area contributed by atoms with Crippen LogP contribution in [0.2, 0.25) is 5.02 Å². The fourth-order valence-corrected chi connectivity index (χ4v) is 1.73. The first-order chi connectivity index (χ1) is 9.19. The monoisotopic (exact) mass is 277 g/mol. The number of halogens is 1. The minimum atomic E-state index is 0.473. The summed E-state index contributed by atoms with van der Waals surface area (Å²) in [5.41, 5.74) is 1.85. The molecular formula is C14H16ClN3O. The van der Waals surface area contributed by atoms with Crippen molar-refractivity contribution in [1.29, 1.82) is 0 Å². The molecule has 0 saturated carbocycles. The summed E-state index contributed by atoms with van der Waals surface area (Å²) in [5, 5.41) is 3.83. The van der Waals surface area contributed by atoms with E-state index in [1.807, 2.05) is 26.0 Å². The van der Waals surface area contributed by atoms with E-state index >= 15 is 0 Å². The van der Waals surface area contributed by atoms with Gasteiger partial charge in [-0.15, -0.1) is 0 Å². The van der Waals surface area contributed by atoms with Crippen molar-refractivity contribution in [2.24, 2.45) is 0 Å². The maximum atomic E-state index is 5.96. The van der Waals surface area contributed by atoms with Gasteiger partial charge in [0.1, 0.15) is 5.75 Å². The first-order valence-electron chi connectivity index (χ1n) is 6.14. The maximum absolute atomic E-state index is 5.96. The molecule has 1 aromatic carbocycles. The number of hydrogen-bond donors (Lipinski definition) is 1. The standard InChI is InChI=1S/C14H16ClN3O/c1-3-16-7-12-8-17-9-14(18-12)19-13-6-11(15)5-4-10(13)2/h4-6,8-9,16H,3,7H2,1-2H3. The molecule has 1 heterocycles. The van der Waals surface area contributed by atoms with Crippen molar-refractivity contribution in [2.75, 3.05) is 6.54 Å². The van der Waals surface area contributed by atoms with Crippen molar-refractivity contribution in [2.45, 2.75) is 20.4 Å². The molecule has 0 aliphatic carbocycles. The van der Waals surface area contributed by atoms with E-state index in [4.69, 9.17) is 16.3 Å². The summed E-state index contributed by atoms with van der Waals surface area (Å²) in [4.78, 5) is 8.51. The van der Waals surface area contributed by atoms with Crippen molar-refractivity contribution in [3.63, 3.8) is 0 Å². The molecular weight excluding hydrogens is 262 g/mol. The van der Waals surface area contributed by atoms with Crippen molar-refractivity contribution in [1.82, 2.24) is 15.3 Å². The van der Waals surface area contributed by atoms with E-state index < -0.39 is 0 Å². The van der Waals surface area contributed by atoms with Crippen LogP contribution in [-0.2, 0) is 6.54 Å². The second kappa shape index (κ2) is 6.50. The summed E-state index contributed by atoms with van der Waals surface area (Å²) in [6.45, 7) is 5.57. The predicted molar refractivity (Wildman–Crippen MR) is 75.7 cm³/mol. The van der Waals surface area contributed by atoms with Gasteiger partial charge in [0.2, 0.25) is 5.88 Å². The van der Waals surface area contributed by atoms with Crippen molar-refractivity contribution >= 4 is 11.6 Å². The third-order valence-corrected chi connectivity index (χ3v) is 2.82. The van der Waals surface area contributed by atoms with Crippen LogP contribution in [0.4, 0.5) is 0 Å². The average molecular weight is 278 g/mol. The van der Waals surface area contributed by atoms with Crippen LogP contribution in [0, 0.1) is 6.92 Å². The Balaban J connectivity index is 2.16. The zero-order chi connectivity index (χ0) is 13.7. The summed E-state index contributed by atoms with van der Waals surface area (Å²) in [6, 6.07) is 5.51. The molecule has 19 heavy (non-hydrogen) atoms. The summed E-state index contributed by atoms with van der Waals surface area (Å²) in [6.07, 6.45) is 3.32. The number of aromatic nitrogens is 2. The molecule has 0 fully saturated rings. The first kappa shape index (κ1) is 13.8. The van der Waals surface area contributed by atoms with E-state index in [1.165, 1.54) is 0 Å². The maximum Gasteiger partial charge on any atom is 0.238 e. The van der Waals surface area contributed by atoms with Crippen LogP contribution in [0.5, 0.6) is 11.6 Å². The van der Waals surface area contributed by atoms with E-state index in [0.717, 1.165) is 17.8 Å². The van der Waals surface area contributed by atoms with Gasteiger partial charge >= 0.3 is 0 Å². The van der Waals surface area contributed by atoms with E-state index in [1.54, 1.807) is 18.5 Å². The van der Waals surface area contributed by atoms with E-state index in [0.29, 0.717) is 23.2 Å². The highest BCUT2D eigenvalue weighted by molar-refractivity contribution is 6.30. The Hall–Kier alpha value is -1.65. The molecule has 1 aromatic heterocycles. The van der Waals surface area contributed by atoms with Gasteiger partial charge < -0.3 is 10.1 Å². The Morgan fingerprint density at radius 3 is 2.95 bits per heavy atom. The van der Waals surface area contributed by atoms with Crippen LogP contribution in [0.3, 0.4) is 0 Å². The fourth-order valence-electron chi connectivity index (χ4n) is 1.57. The third kappa shape index (κ3) is 3.91. The minimum absolute atomic E-state index is 0.473. The highest BCUT2D eigenvalue weighted by atomic mass is 35.5. The largest absolute Gasteiger partial charge is 0.437 e. The molecule has 0 saturated heterocycles. The van der Waals surface area contributed by atoms with Crippen LogP contribution in [-0.4, -0.2) is 16.5 Å². The summed E-state index contributed by atoms with van der Waals surface area (Å²) in [5.74, 6) is 1.17. The fraction of sp³-hybridized carbons (Fsp3) is 0.286. The SMILES string of the molecule is CCNCc1cncc(Oc2cc(Cl)ccc2C)n1. The lowest BCUT2D eigenvalue weighted by Gasteiger charge is -2.09. The van der Waals surface area contributed by atoms with Gasteiger partial charge in [-0.1, -0.05) is 24.6 Å². The van der Waals surface area contributed by atoms with Crippen molar-refractivity contribution in [3.05, 3.63) is 46.9 Å². The quantitative estimate of drug-likeness (QED) is 0.910. The molecule has 4 nitrogen and oxygen atoms in total. The zero-order valence-electron chi connectivity index (χ0n) is 11.0. The summed E-state index contributed by atoms with van der Waals surface area (Å²) >= 11 is 5.96. The van der Waals surface area contributed by atoms with Crippen LogP contribution in [0.15, 0.2) is 30.6 Å². The third-order valence-electron chi connectivity index (χ3n) is 2.58. The summed E-state index contributed by atoms with van der Waals surface area (Å²) in [7, 11) is 0. The molecule has 0 spiro atoms. The second-order valence-electron chi connectivity index (χ2n) is 4.14. The van der Waals surface area contributed by atoms with Crippen LogP contribution in [0.25, 0.3) is 0 Å². The number of aryl methyl sites for hydroxylation is 1. The molecule has 2 rings (SSSR count). The molecule has 1 N–H and O–H groups in total. The van der Waals surface area contributed by atoms with Crippen molar-refractivity contribution < 1.29 is 4.74 Å². The van der Waals surface area contributed by atoms with Gasteiger partial charge in [-0.2, -0.15) is 0 Å². The molecule has 0 atom stereocenters. The first-order valence-corrected chi connectivity index (χ1v) is 6.52. The highest BCUT2D eigenvalue weighted by Crippen LogP contribution is 2.26. The number of nitrogens with one attached hydrogen (secondary N) is 1. The molecule has 0 amide bonds. The Bertz CT molecular complexity index is 560. The lowest BCUT2D eigenvalue weighted by atomic mass is 10.2. The van der Waals surface area contributed by atoms with Gasteiger partial charge in [-0.3, -0.25) is 4.98 Å². The molecule has 0 unspecified atom stereocenters. The molecule has 0 radical (unpaired) electrons. The molecule has 5 heteroatoms. The smallest absolute Gasteiger partial charge is 0.238 e. The van der Waals surface area contributed by atoms with Gasteiger partial charge in [0, 0.05) is 17.8 Å². The topological polar surface area (TPSA) is 47.0 Å². The highest BCUT2D eigenvalue weighted by Gasteiger charge is 2.05. The number of rotatable bonds is 5. The molecule has 100 valence electrons. The van der Waals surface area contributed by atoms with Gasteiger partial charge in [0.25, 0.3) is 0 Å². The Labute approximate surface area is 117 Å². The van der Waals surface area contributed by atoms with Crippen molar-refractivity contribution in [3.8, 4) is 11.6 Å². The Morgan fingerprint density at radius 1 is 1.32 bits per heavy atom. The van der Waals surface area contributed by atoms with Crippen LogP contribution in [0.1, 0.15) is 18.2 Å². The van der Waals surface area contributed by atoms with Gasteiger partial charge in [0.05, 0.1) is 11.9 Å². The summed E-state index contributed by atoms with van der Waals surface area (Å²) < 4.78 is 5.72. The van der Waals surface area contributed by atoms with E-state index in [9.17, 15) is 0 Å². The minimum Gasteiger partial charge on any atom is -0.437 e. The van der Waals surface area contributed by atoms with E-state index in [-0.39, 0.29) is 0 Å². The number of hydrogen-bond acceptors (Lipinski definition) is 4. The van der Waals surface area contributed by atoms with Gasteiger partial charge in [-0.25, -0.2) is 4.98 Å². The number of nitrogens with zero attached hydrogens (tertiary/aromatic N) is 2. The predicted octanol–water partition coefficient (Wildman–Crippen LogP) is 3.34. The van der Waals surface area contributed by atoms with Crippen LogP contribution >= 0.6 is 11.6 Å². The van der Waals surface area contributed by atoms with Gasteiger partial charge in [-0.05, 0) is 31.2 Å². The molecule has 2 aromatic rings. The zero-order valence-corrected chi connectivity index (χ0v) is 11.7. The molecule has 0 aliphatic rings. The lowest BCUT2D eigenvalue weighted by Crippen LogP contribution is -2.13. The average Bonchev–Trinajstić information content (AvgIpc) is 2.41. The van der Waals surface area contributed by atoms with Crippen LogP contribution < -0.4 is 10.1 Å². The number of ether oxygens (including phenoxy) is 1. The number of benzene rings is 1. The second-order valence-corrected chi connectivity index (χ2v) is 4.58. The Kier molecular flexibility index (Phi) is 4.71. The lowest BCUT2D eigenvalue weighted by molar-refractivity contribution is 0.453. The Morgan fingerprint density at radius 2 is 2.16 bits per heavy atom. The van der Waals surface area contributed by atoms with E-state index in [2.05, 4.69) is 15.3 Å². The molecule has 0 bridgehead atoms. The normalized spacial score (nSPS) is 10.5.